The van der Waals surface area contributed by atoms with Crippen LogP contribution in [0.2, 0.25) is 0 Å². The van der Waals surface area contributed by atoms with Crippen LogP contribution < -0.4 is 0 Å². The SMILES string of the molecule is CCSCC(=O)O. The number of aliphatic carboxylic acids is 1. The van der Waals surface area contributed by atoms with Crippen molar-refractivity contribution in [3.05, 3.63) is 0 Å². The molecule has 1 N–H and O–H groups in total. The van der Waals surface area contributed by atoms with E-state index in [2.05, 4.69) is 0 Å². The van der Waals surface area contributed by atoms with Crippen molar-refractivity contribution in [1.29, 1.82) is 0 Å². The van der Waals surface area contributed by atoms with Gasteiger partial charge in [0.2, 0.25) is 0 Å². The summed E-state index contributed by atoms with van der Waals surface area (Å²) >= 11 is 1.42. The smallest absolute Gasteiger partial charge is 0.313 e. The van der Waals surface area contributed by atoms with Gasteiger partial charge in [0.15, 0.2) is 0 Å². The first-order valence-electron chi connectivity index (χ1n) is 2.07. The van der Waals surface area contributed by atoms with Crippen LogP contribution in [0.1, 0.15) is 6.92 Å². The van der Waals surface area contributed by atoms with E-state index in [1.165, 1.54) is 11.8 Å². The van der Waals surface area contributed by atoms with Crippen molar-refractivity contribution in [3.8, 4) is 0 Å². The molecule has 0 atom stereocenters. The minimum Gasteiger partial charge on any atom is -0.481 e. The molecule has 0 aliphatic rings. The molecule has 0 saturated heterocycles. The zero-order chi connectivity index (χ0) is 5.70. The van der Waals surface area contributed by atoms with E-state index in [1.54, 1.807) is 0 Å². The van der Waals surface area contributed by atoms with Gasteiger partial charge in [0.1, 0.15) is 0 Å². The highest BCUT2D eigenvalue weighted by atomic mass is 32.2. The Bertz CT molecular complexity index is 62.7. The maximum absolute atomic E-state index is 9.74. The number of rotatable bonds is 3. The number of hydrogen-bond donors (Lipinski definition) is 1. The summed E-state index contributed by atoms with van der Waals surface area (Å²) in [6, 6.07) is 0. The van der Waals surface area contributed by atoms with Crippen LogP contribution in [0.15, 0.2) is 0 Å². The molecule has 0 aromatic carbocycles. The monoisotopic (exact) mass is 120 g/mol. The van der Waals surface area contributed by atoms with Crippen molar-refractivity contribution in [2.45, 2.75) is 6.92 Å². The van der Waals surface area contributed by atoms with E-state index in [0.717, 1.165) is 5.75 Å². The Labute approximate surface area is 46.9 Å². The molecule has 0 saturated carbocycles. The lowest BCUT2D eigenvalue weighted by atomic mass is 10.8. The van der Waals surface area contributed by atoms with E-state index in [4.69, 9.17) is 5.11 Å². The number of hydrogen-bond acceptors (Lipinski definition) is 2. The topological polar surface area (TPSA) is 37.3 Å². The van der Waals surface area contributed by atoms with Gasteiger partial charge in [0, 0.05) is 0 Å². The Hall–Kier alpha value is -0.180. The maximum Gasteiger partial charge on any atom is 0.313 e. The number of thioether (sulfide) groups is 1. The molecule has 0 fully saturated rings. The van der Waals surface area contributed by atoms with E-state index in [9.17, 15) is 4.79 Å². The second-order valence-electron chi connectivity index (χ2n) is 1.03. The van der Waals surface area contributed by atoms with Crippen molar-refractivity contribution in [1.82, 2.24) is 0 Å². The van der Waals surface area contributed by atoms with E-state index in [1.807, 2.05) is 6.92 Å². The lowest BCUT2D eigenvalue weighted by Crippen LogP contribution is -1.97. The molecule has 0 aromatic heterocycles. The van der Waals surface area contributed by atoms with Crippen LogP contribution in [0.25, 0.3) is 0 Å². The third kappa shape index (κ3) is 5.82. The van der Waals surface area contributed by atoms with Crippen LogP contribution >= 0.6 is 11.8 Å². The summed E-state index contributed by atoms with van der Waals surface area (Å²) in [6.45, 7) is 1.94. The normalized spacial score (nSPS) is 8.71. The number of carbonyl (C=O) groups is 1. The fourth-order valence-corrected chi connectivity index (χ4v) is 0.568. The first kappa shape index (κ1) is 6.82. The molecule has 0 heterocycles. The van der Waals surface area contributed by atoms with Crippen molar-refractivity contribution in [2.75, 3.05) is 11.5 Å². The number of carboxylic acid groups (broad SMARTS) is 1. The summed E-state index contributed by atoms with van der Waals surface area (Å²) in [5, 5.41) is 8.02. The summed E-state index contributed by atoms with van der Waals surface area (Å²) in [7, 11) is 0. The van der Waals surface area contributed by atoms with Gasteiger partial charge in [0.25, 0.3) is 0 Å². The Kier molecular flexibility index (Phi) is 3.89. The van der Waals surface area contributed by atoms with Crippen LogP contribution in [0, 0.1) is 0 Å². The van der Waals surface area contributed by atoms with Crippen LogP contribution in [-0.4, -0.2) is 22.6 Å². The molecule has 0 aliphatic carbocycles. The molecule has 0 rings (SSSR count). The van der Waals surface area contributed by atoms with Crippen molar-refractivity contribution < 1.29 is 9.90 Å². The van der Waals surface area contributed by atoms with Crippen molar-refractivity contribution >= 4 is 17.7 Å². The van der Waals surface area contributed by atoms with E-state index in [-0.39, 0.29) is 5.75 Å². The summed E-state index contributed by atoms with van der Waals surface area (Å²) in [4.78, 5) is 9.74. The zero-order valence-corrected chi connectivity index (χ0v) is 4.99. The van der Waals surface area contributed by atoms with Crippen LogP contribution in [-0.2, 0) is 4.79 Å². The Morgan fingerprint density at radius 2 is 2.43 bits per heavy atom. The third-order valence-electron chi connectivity index (χ3n) is 0.430. The van der Waals surface area contributed by atoms with Gasteiger partial charge < -0.3 is 5.11 Å². The highest BCUT2D eigenvalue weighted by Gasteiger charge is 1.91. The minimum atomic E-state index is -0.730. The molecule has 3 heteroatoms. The Morgan fingerprint density at radius 1 is 1.86 bits per heavy atom. The van der Waals surface area contributed by atoms with Gasteiger partial charge in [-0.15, -0.1) is 0 Å². The first-order valence-corrected chi connectivity index (χ1v) is 3.22. The molecular weight excluding hydrogens is 112 g/mol. The lowest BCUT2D eigenvalue weighted by molar-refractivity contribution is -0.133. The fraction of sp³-hybridized carbons (Fsp3) is 0.750. The molecule has 0 aliphatic heterocycles. The largest absolute Gasteiger partial charge is 0.481 e. The zero-order valence-electron chi connectivity index (χ0n) is 4.18. The molecule has 0 unspecified atom stereocenters. The van der Waals surface area contributed by atoms with Gasteiger partial charge in [-0.05, 0) is 5.75 Å². The first-order chi connectivity index (χ1) is 3.27. The van der Waals surface area contributed by atoms with Gasteiger partial charge in [-0.2, -0.15) is 11.8 Å². The molecule has 0 amide bonds. The van der Waals surface area contributed by atoms with Gasteiger partial charge in [-0.3, -0.25) is 4.79 Å². The highest BCUT2D eigenvalue weighted by molar-refractivity contribution is 7.99. The second kappa shape index (κ2) is 3.99. The summed E-state index contributed by atoms with van der Waals surface area (Å²) < 4.78 is 0. The predicted molar refractivity (Wildman–Crippen MR) is 30.6 cm³/mol. The fourth-order valence-electron chi connectivity index (χ4n) is 0.189. The Balaban J connectivity index is 2.82. The van der Waals surface area contributed by atoms with E-state index < -0.39 is 5.97 Å². The molecule has 0 bridgehead atoms. The molecule has 0 aromatic rings. The molecule has 0 radical (unpaired) electrons. The third-order valence-corrected chi connectivity index (χ3v) is 1.29. The molecule has 42 valence electrons. The highest BCUT2D eigenvalue weighted by Crippen LogP contribution is 1.95. The molecular formula is C4H8O2S. The second-order valence-corrected chi connectivity index (χ2v) is 2.31. The molecule has 0 spiro atoms. The predicted octanol–water partition coefficient (Wildman–Crippen LogP) is 0.824. The molecule has 7 heavy (non-hydrogen) atoms. The summed E-state index contributed by atoms with van der Waals surface area (Å²) in [5.74, 6) is 0.384. The van der Waals surface area contributed by atoms with E-state index >= 15 is 0 Å². The maximum atomic E-state index is 9.74. The van der Waals surface area contributed by atoms with Crippen molar-refractivity contribution in [3.63, 3.8) is 0 Å². The van der Waals surface area contributed by atoms with Gasteiger partial charge in [-0.1, -0.05) is 6.92 Å². The Morgan fingerprint density at radius 3 is 2.57 bits per heavy atom. The van der Waals surface area contributed by atoms with Crippen LogP contribution in [0.3, 0.4) is 0 Å². The standard InChI is InChI=1S/C4H8O2S/c1-2-7-3-4(5)6/h2-3H2,1H3,(H,5,6). The average molecular weight is 120 g/mol. The van der Waals surface area contributed by atoms with Crippen molar-refractivity contribution in [2.24, 2.45) is 0 Å². The quantitative estimate of drug-likeness (QED) is 0.599. The lowest BCUT2D eigenvalue weighted by Gasteiger charge is -1.86. The van der Waals surface area contributed by atoms with Crippen LogP contribution in [0.5, 0.6) is 0 Å². The number of carboxylic acids is 1. The average Bonchev–Trinajstić information content (AvgIpc) is 1.61. The van der Waals surface area contributed by atoms with Gasteiger partial charge >= 0.3 is 5.97 Å². The summed E-state index contributed by atoms with van der Waals surface area (Å²) in [6.07, 6.45) is 0. The van der Waals surface area contributed by atoms with E-state index in [0.29, 0.717) is 0 Å². The van der Waals surface area contributed by atoms with Crippen LogP contribution in [0.4, 0.5) is 0 Å². The summed E-state index contributed by atoms with van der Waals surface area (Å²) in [5.41, 5.74) is 0. The van der Waals surface area contributed by atoms with Gasteiger partial charge in [0.05, 0.1) is 5.75 Å². The molecule has 2 nitrogen and oxygen atoms in total. The minimum absolute atomic E-state index is 0.233. The van der Waals surface area contributed by atoms with Gasteiger partial charge in [-0.25, -0.2) is 0 Å².